The summed E-state index contributed by atoms with van der Waals surface area (Å²) < 4.78 is 16.8. The van der Waals surface area contributed by atoms with Gasteiger partial charge >= 0.3 is 17.9 Å². The molecule has 0 radical (unpaired) electrons. The Morgan fingerprint density at radius 1 is 0.309 bits per heavy atom. The first-order valence-corrected chi connectivity index (χ1v) is 29.3. The minimum atomic E-state index is -0.797. The van der Waals surface area contributed by atoms with Crippen LogP contribution in [0.15, 0.2) is 60.8 Å². The molecular weight excluding hydrogens is 841 g/mol. The molecule has 68 heavy (non-hydrogen) atoms. The topological polar surface area (TPSA) is 78.9 Å². The maximum Gasteiger partial charge on any atom is 0.306 e. The summed E-state index contributed by atoms with van der Waals surface area (Å²) >= 11 is 0. The van der Waals surface area contributed by atoms with Crippen molar-refractivity contribution in [2.45, 2.75) is 303 Å². The molecule has 6 nitrogen and oxygen atoms in total. The van der Waals surface area contributed by atoms with Crippen LogP contribution in [-0.2, 0) is 28.6 Å². The van der Waals surface area contributed by atoms with Gasteiger partial charge in [0, 0.05) is 19.3 Å². The van der Waals surface area contributed by atoms with Gasteiger partial charge in [0.05, 0.1) is 0 Å². The zero-order chi connectivity index (χ0) is 49.3. The second-order valence-electron chi connectivity index (χ2n) is 19.5. The predicted molar refractivity (Wildman–Crippen MR) is 293 cm³/mol. The lowest BCUT2D eigenvalue weighted by Crippen LogP contribution is -2.30. The van der Waals surface area contributed by atoms with Crippen LogP contribution in [0.25, 0.3) is 0 Å². The molecule has 0 aromatic heterocycles. The van der Waals surface area contributed by atoms with E-state index in [1.54, 1.807) is 0 Å². The molecule has 0 spiro atoms. The second kappa shape index (κ2) is 56.7. The van der Waals surface area contributed by atoms with Crippen LogP contribution < -0.4 is 0 Å². The fourth-order valence-electron chi connectivity index (χ4n) is 8.37. The molecule has 0 amide bonds. The monoisotopic (exact) mass is 951 g/mol. The molecule has 0 aromatic rings. The van der Waals surface area contributed by atoms with E-state index in [0.29, 0.717) is 19.3 Å². The third-order valence-electron chi connectivity index (χ3n) is 12.8. The average Bonchev–Trinajstić information content (AvgIpc) is 3.34. The second-order valence-corrected chi connectivity index (χ2v) is 19.5. The van der Waals surface area contributed by atoms with Gasteiger partial charge in [-0.15, -0.1) is 0 Å². The summed E-state index contributed by atoms with van der Waals surface area (Å²) in [6, 6.07) is 0. The molecular formula is C62H110O6. The van der Waals surface area contributed by atoms with E-state index in [1.165, 1.54) is 167 Å². The van der Waals surface area contributed by atoms with Crippen molar-refractivity contribution in [2.24, 2.45) is 0 Å². The first kappa shape index (κ1) is 65.1. The van der Waals surface area contributed by atoms with Gasteiger partial charge in [0.15, 0.2) is 6.10 Å². The molecule has 0 aromatic carbocycles. The molecule has 0 heterocycles. The number of ether oxygens (including phenoxy) is 3. The van der Waals surface area contributed by atoms with Crippen LogP contribution in [0.2, 0.25) is 0 Å². The summed E-state index contributed by atoms with van der Waals surface area (Å²) in [6.07, 6.45) is 70.8. The smallest absolute Gasteiger partial charge is 0.306 e. The van der Waals surface area contributed by atoms with Crippen molar-refractivity contribution in [1.82, 2.24) is 0 Å². The highest BCUT2D eigenvalue weighted by atomic mass is 16.6. The lowest BCUT2D eigenvalue weighted by molar-refractivity contribution is -0.167. The maximum atomic E-state index is 12.8. The molecule has 0 aliphatic rings. The summed E-state index contributed by atoms with van der Waals surface area (Å²) in [6.45, 7) is 6.50. The number of hydrogen-bond donors (Lipinski definition) is 0. The summed E-state index contributed by atoms with van der Waals surface area (Å²) in [5.41, 5.74) is 0. The first-order chi connectivity index (χ1) is 33.5. The summed E-state index contributed by atoms with van der Waals surface area (Å²) in [4.78, 5) is 38.1. The van der Waals surface area contributed by atoms with Crippen molar-refractivity contribution in [3.05, 3.63) is 60.8 Å². The predicted octanol–water partition coefficient (Wildman–Crippen LogP) is 19.6. The van der Waals surface area contributed by atoms with E-state index in [0.717, 1.165) is 83.5 Å². The number of carbonyl (C=O) groups excluding carboxylic acids is 3. The zero-order valence-electron chi connectivity index (χ0n) is 45.1. The summed E-state index contributed by atoms with van der Waals surface area (Å²) in [5.74, 6) is -0.930. The number of unbranched alkanes of at least 4 members (excludes halogenated alkanes) is 32. The van der Waals surface area contributed by atoms with E-state index in [4.69, 9.17) is 14.2 Å². The molecule has 1 unspecified atom stereocenters. The Morgan fingerprint density at radius 3 is 0.956 bits per heavy atom. The van der Waals surface area contributed by atoms with Gasteiger partial charge < -0.3 is 14.2 Å². The minimum absolute atomic E-state index is 0.0910. The third-order valence-corrected chi connectivity index (χ3v) is 12.8. The Hall–Kier alpha value is -2.89. The van der Waals surface area contributed by atoms with Gasteiger partial charge in [-0.25, -0.2) is 0 Å². The maximum absolute atomic E-state index is 12.8. The molecule has 6 heteroatoms. The Kier molecular flexibility index (Phi) is 54.3. The molecule has 0 rings (SSSR count). The van der Waals surface area contributed by atoms with E-state index < -0.39 is 6.10 Å². The number of carbonyl (C=O) groups is 3. The van der Waals surface area contributed by atoms with Crippen molar-refractivity contribution in [3.63, 3.8) is 0 Å². The molecule has 0 aliphatic carbocycles. The van der Waals surface area contributed by atoms with Gasteiger partial charge in [-0.1, -0.05) is 255 Å². The normalized spacial score (nSPS) is 12.5. The summed E-state index contributed by atoms with van der Waals surface area (Å²) in [7, 11) is 0. The highest BCUT2D eigenvalue weighted by Crippen LogP contribution is 2.17. The standard InChI is InChI=1S/C62H110O6/c1-4-7-10-13-16-19-22-25-27-28-29-30-31-32-33-35-37-40-43-46-49-52-55-61(64)67-58-59(57-66-60(63)54-51-48-45-42-39-36-24-21-18-15-12-9-6-3)68-62(65)56-53-50-47-44-41-38-34-26-23-20-17-14-11-8-5-2/h8,11,17,20-21,24,26,34,41,44,59H,4-7,9-10,12-16,18-19,22-23,25,27-33,35-40,42-43,45-58H2,1-3H3/b11-8-,20-17-,24-21-,34-26-,44-41-. The molecule has 0 N–H and O–H groups in total. The number of allylic oxidation sites excluding steroid dienone is 10. The van der Waals surface area contributed by atoms with Gasteiger partial charge in [0.25, 0.3) is 0 Å². The highest BCUT2D eigenvalue weighted by Gasteiger charge is 2.19. The largest absolute Gasteiger partial charge is 0.462 e. The van der Waals surface area contributed by atoms with Crippen molar-refractivity contribution in [1.29, 1.82) is 0 Å². The van der Waals surface area contributed by atoms with Gasteiger partial charge in [0.2, 0.25) is 0 Å². The van der Waals surface area contributed by atoms with Crippen molar-refractivity contribution >= 4 is 17.9 Å². The Morgan fingerprint density at radius 2 is 0.574 bits per heavy atom. The fourth-order valence-corrected chi connectivity index (χ4v) is 8.37. The number of hydrogen-bond acceptors (Lipinski definition) is 6. The van der Waals surface area contributed by atoms with Crippen LogP contribution in [0.1, 0.15) is 297 Å². The zero-order valence-corrected chi connectivity index (χ0v) is 45.1. The molecule has 0 bridgehead atoms. The van der Waals surface area contributed by atoms with Crippen molar-refractivity contribution < 1.29 is 28.6 Å². The molecule has 0 saturated carbocycles. The molecule has 394 valence electrons. The van der Waals surface area contributed by atoms with Gasteiger partial charge in [-0.2, -0.15) is 0 Å². The first-order valence-electron chi connectivity index (χ1n) is 29.3. The highest BCUT2D eigenvalue weighted by molar-refractivity contribution is 5.71. The molecule has 0 saturated heterocycles. The van der Waals surface area contributed by atoms with Gasteiger partial charge in [0.1, 0.15) is 13.2 Å². The van der Waals surface area contributed by atoms with E-state index in [-0.39, 0.29) is 37.5 Å². The number of rotatable bonds is 53. The lowest BCUT2D eigenvalue weighted by Gasteiger charge is -2.18. The van der Waals surface area contributed by atoms with Crippen LogP contribution in [0.3, 0.4) is 0 Å². The van der Waals surface area contributed by atoms with Crippen molar-refractivity contribution in [2.75, 3.05) is 13.2 Å². The SMILES string of the molecule is CC/C=C\C/C=C\C/C=C\C/C=C\CCCCC(=O)OC(COC(=O)CCCCCCC/C=C\CCCCCC)COC(=O)CCCCCCCCCCCCCCCCCCCCCCCC. The fraction of sp³-hybridized carbons (Fsp3) is 0.790. The Balaban J connectivity index is 4.33. The van der Waals surface area contributed by atoms with Crippen LogP contribution in [0.5, 0.6) is 0 Å². The van der Waals surface area contributed by atoms with Gasteiger partial charge in [-0.05, 0) is 83.5 Å². The summed E-state index contributed by atoms with van der Waals surface area (Å²) in [5, 5.41) is 0. The average molecular weight is 952 g/mol. The molecule has 0 aliphatic heterocycles. The molecule has 0 fully saturated rings. The van der Waals surface area contributed by atoms with E-state index in [9.17, 15) is 14.4 Å². The lowest BCUT2D eigenvalue weighted by atomic mass is 10.0. The third kappa shape index (κ3) is 54.1. The van der Waals surface area contributed by atoms with E-state index >= 15 is 0 Å². The van der Waals surface area contributed by atoms with E-state index in [1.807, 2.05) is 0 Å². The van der Waals surface area contributed by atoms with E-state index in [2.05, 4.69) is 81.5 Å². The number of esters is 3. The van der Waals surface area contributed by atoms with Crippen LogP contribution in [-0.4, -0.2) is 37.2 Å². The molecule has 1 atom stereocenters. The van der Waals surface area contributed by atoms with Crippen molar-refractivity contribution in [3.8, 4) is 0 Å². The Labute approximate surface area is 421 Å². The Bertz CT molecular complexity index is 1230. The van der Waals surface area contributed by atoms with Gasteiger partial charge in [-0.3, -0.25) is 14.4 Å². The van der Waals surface area contributed by atoms with Crippen LogP contribution in [0, 0.1) is 0 Å². The van der Waals surface area contributed by atoms with Crippen LogP contribution in [0.4, 0.5) is 0 Å². The minimum Gasteiger partial charge on any atom is -0.462 e. The van der Waals surface area contributed by atoms with Crippen LogP contribution >= 0.6 is 0 Å². The quantitative estimate of drug-likeness (QED) is 0.0262.